The van der Waals surface area contributed by atoms with Crippen LogP contribution in [0.3, 0.4) is 0 Å². The van der Waals surface area contributed by atoms with E-state index in [1.807, 2.05) is 4.58 Å². The standard InChI is InChI=1S/C11H19NO2.CH4OS/c1-4-12(10-11(2)13)8-6-5-7-9-14-3;1-3-2/h4,10H,1-2,5-9H2,3H3;2H,1H3/p+1. The van der Waals surface area contributed by atoms with Gasteiger partial charge in [0.1, 0.15) is 6.54 Å². The fourth-order valence-electron chi connectivity index (χ4n) is 1.12. The number of ether oxygens (including phenoxy) is 1. The molecule has 0 spiro atoms. The maximum Gasteiger partial charge on any atom is 0.210 e. The van der Waals surface area contributed by atoms with Crippen molar-refractivity contribution in [1.82, 2.24) is 0 Å². The predicted octanol–water partition coefficient (Wildman–Crippen LogP) is 2.92. The van der Waals surface area contributed by atoms with E-state index in [1.165, 1.54) is 0 Å². The lowest BCUT2D eigenvalue weighted by Crippen LogP contribution is -2.08. The number of aliphatic hydroxyl groups excluding tert-OH is 1. The molecule has 0 aliphatic rings. The van der Waals surface area contributed by atoms with Gasteiger partial charge in [0.25, 0.3) is 0 Å². The van der Waals surface area contributed by atoms with E-state index < -0.39 is 0 Å². The summed E-state index contributed by atoms with van der Waals surface area (Å²) in [6, 6.07) is 0. The summed E-state index contributed by atoms with van der Waals surface area (Å²) in [6.45, 7) is 8.70. The fourth-order valence-corrected chi connectivity index (χ4v) is 1.12. The molecule has 0 fully saturated rings. The van der Waals surface area contributed by atoms with Crippen LogP contribution < -0.4 is 0 Å². The molecule has 0 aromatic rings. The summed E-state index contributed by atoms with van der Waals surface area (Å²) in [5.74, 6) is 0.0572. The summed E-state index contributed by atoms with van der Waals surface area (Å²) in [7, 11) is 1.71. The smallest absolute Gasteiger partial charge is 0.210 e. The molecule has 0 bridgehead atoms. The summed E-state index contributed by atoms with van der Waals surface area (Å²) >= 11 is 0.750. The molecule has 0 aromatic heterocycles. The average Bonchev–Trinajstić information content (AvgIpc) is 2.27. The van der Waals surface area contributed by atoms with Crippen molar-refractivity contribution in [3.05, 3.63) is 25.1 Å². The van der Waals surface area contributed by atoms with E-state index in [9.17, 15) is 0 Å². The van der Waals surface area contributed by atoms with Crippen LogP contribution in [0.15, 0.2) is 25.1 Å². The Kier molecular flexibility index (Phi) is 16.6. The summed E-state index contributed by atoms with van der Waals surface area (Å²) in [4.78, 5) is 0. The molecule has 5 heteroatoms. The number of methoxy groups -OCH3 is 1. The van der Waals surface area contributed by atoms with Crippen LogP contribution in [0.25, 0.3) is 0 Å². The van der Waals surface area contributed by atoms with Crippen LogP contribution in [0.4, 0.5) is 0 Å². The van der Waals surface area contributed by atoms with Gasteiger partial charge in [-0.3, -0.25) is 0 Å². The van der Waals surface area contributed by atoms with Crippen LogP contribution in [0.5, 0.6) is 0 Å². The Hall–Kier alpha value is -0.780. The van der Waals surface area contributed by atoms with Crippen LogP contribution in [0, 0.1) is 0 Å². The van der Waals surface area contributed by atoms with Crippen LogP contribution in [-0.4, -0.2) is 47.0 Å². The zero-order chi connectivity index (χ0) is 13.5. The Morgan fingerprint density at radius 1 is 1.41 bits per heavy atom. The number of unbranched alkanes of at least 4 members (excludes halogenated alkanes) is 2. The number of hydrogen-bond donors (Lipinski definition) is 2. The van der Waals surface area contributed by atoms with Gasteiger partial charge in [-0.05, 0) is 31.5 Å². The number of hydrogen-bond acceptors (Lipinski definition) is 4. The van der Waals surface area contributed by atoms with Gasteiger partial charge in [0.15, 0.2) is 12.0 Å². The lowest BCUT2D eigenvalue weighted by molar-refractivity contribution is -0.452. The van der Waals surface area contributed by atoms with Gasteiger partial charge in [-0.2, -0.15) is 0 Å². The average molecular weight is 262 g/mol. The fraction of sp³-hybridized carbons (Fsp3) is 0.583. The summed E-state index contributed by atoms with van der Waals surface area (Å²) in [5.41, 5.74) is 0. The van der Waals surface area contributed by atoms with Crippen LogP contribution in [0.1, 0.15) is 19.3 Å². The largest absolute Gasteiger partial charge is 0.503 e. The van der Waals surface area contributed by atoms with Gasteiger partial charge in [0, 0.05) is 26.4 Å². The molecule has 4 nitrogen and oxygen atoms in total. The molecule has 0 aliphatic carbocycles. The van der Waals surface area contributed by atoms with E-state index in [2.05, 4.69) is 13.2 Å². The van der Waals surface area contributed by atoms with Gasteiger partial charge in [-0.15, -0.1) is 0 Å². The van der Waals surface area contributed by atoms with Gasteiger partial charge in [-0.1, -0.05) is 6.58 Å². The van der Waals surface area contributed by atoms with E-state index in [0.717, 1.165) is 44.5 Å². The molecule has 0 atom stereocenters. The monoisotopic (exact) mass is 262 g/mol. The molecule has 0 rings (SSSR count). The Labute approximate surface area is 109 Å². The first kappa shape index (κ1) is 18.6. The van der Waals surface area contributed by atoms with Gasteiger partial charge in [0.05, 0.1) is 0 Å². The van der Waals surface area contributed by atoms with E-state index in [4.69, 9.17) is 14.4 Å². The van der Waals surface area contributed by atoms with Crippen molar-refractivity contribution >= 4 is 18.3 Å². The lowest BCUT2D eigenvalue weighted by atomic mass is 10.2. The van der Waals surface area contributed by atoms with Gasteiger partial charge < -0.3 is 14.4 Å². The Balaban J connectivity index is 0. The summed E-state index contributed by atoms with van der Waals surface area (Å²) < 4.78 is 14.3. The molecular weight excluding hydrogens is 238 g/mol. The molecule has 17 heavy (non-hydrogen) atoms. The molecule has 0 aromatic carbocycles. The SMILES string of the molecule is C=C[N+](=CC(=C)O)CCCCCOC.CSO. The van der Waals surface area contributed by atoms with Crippen molar-refractivity contribution in [1.29, 1.82) is 0 Å². The Morgan fingerprint density at radius 2 is 2.00 bits per heavy atom. The van der Waals surface area contributed by atoms with E-state index in [-0.39, 0.29) is 5.76 Å². The molecule has 0 aliphatic heterocycles. The predicted molar refractivity (Wildman–Crippen MR) is 75.0 cm³/mol. The second-order valence-electron chi connectivity index (χ2n) is 3.28. The Bertz CT molecular complexity index is 230. The van der Waals surface area contributed by atoms with Crippen molar-refractivity contribution in [3.63, 3.8) is 0 Å². The molecule has 0 saturated carbocycles. The molecule has 0 radical (unpaired) electrons. The zero-order valence-electron chi connectivity index (χ0n) is 10.8. The van der Waals surface area contributed by atoms with E-state index in [0.29, 0.717) is 0 Å². The first-order chi connectivity index (χ1) is 8.12. The van der Waals surface area contributed by atoms with Crippen LogP contribution in [-0.2, 0) is 4.74 Å². The number of rotatable bonds is 8. The zero-order valence-corrected chi connectivity index (χ0v) is 11.6. The van der Waals surface area contributed by atoms with Gasteiger partial charge in [0.2, 0.25) is 6.21 Å². The number of nitrogens with zero attached hydrogens (tertiary/aromatic N) is 1. The summed E-state index contributed by atoms with van der Waals surface area (Å²) in [6.07, 6.45) is 8.09. The highest BCUT2D eigenvalue weighted by Crippen LogP contribution is 1.96. The third-order valence-electron chi connectivity index (χ3n) is 1.81. The van der Waals surface area contributed by atoms with Gasteiger partial charge in [-0.25, -0.2) is 4.58 Å². The molecule has 0 heterocycles. The number of aliphatic hydroxyl groups is 1. The van der Waals surface area contributed by atoms with Crippen LogP contribution in [0.2, 0.25) is 0 Å². The van der Waals surface area contributed by atoms with Gasteiger partial charge >= 0.3 is 0 Å². The van der Waals surface area contributed by atoms with Crippen molar-refractivity contribution < 1.29 is 19.0 Å². The second kappa shape index (κ2) is 15.2. The highest BCUT2D eigenvalue weighted by molar-refractivity contribution is 7.93. The van der Waals surface area contributed by atoms with Crippen molar-refractivity contribution in [2.24, 2.45) is 0 Å². The topological polar surface area (TPSA) is 52.7 Å². The molecule has 0 amide bonds. The van der Waals surface area contributed by atoms with E-state index >= 15 is 0 Å². The molecule has 100 valence electrons. The van der Waals surface area contributed by atoms with E-state index in [1.54, 1.807) is 25.8 Å². The molecule has 0 saturated heterocycles. The molecule has 2 N–H and O–H groups in total. The maximum atomic E-state index is 8.94. The molecule has 0 unspecified atom stereocenters. The van der Waals surface area contributed by atoms with Crippen molar-refractivity contribution in [2.45, 2.75) is 19.3 Å². The summed E-state index contributed by atoms with van der Waals surface area (Å²) in [5, 5.41) is 8.94. The van der Waals surface area contributed by atoms with Crippen LogP contribution >= 0.6 is 12.0 Å². The minimum Gasteiger partial charge on any atom is -0.503 e. The molecular formula is C12H24NO3S+. The maximum absolute atomic E-state index is 8.94. The number of allylic oxidation sites excluding steroid dienone is 1. The lowest BCUT2D eigenvalue weighted by Gasteiger charge is -1.98. The minimum atomic E-state index is 0.0572. The van der Waals surface area contributed by atoms with Crippen molar-refractivity contribution in [2.75, 3.05) is 26.5 Å². The third-order valence-corrected chi connectivity index (χ3v) is 1.81. The first-order valence-electron chi connectivity index (χ1n) is 5.39. The second-order valence-corrected chi connectivity index (χ2v) is 3.64. The quantitative estimate of drug-likeness (QED) is 0.232. The highest BCUT2D eigenvalue weighted by Gasteiger charge is 1.99. The highest BCUT2D eigenvalue weighted by atomic mass is 32.2. The normalized spacial score (nSPS) is 10.4. The Morgan fingerprint density at radius 3 is 2.41 bits per heavy atom. The first-order valence-corrected chi connectivity index (χ1v) is 6.58. The minimum absolute atomic E-state index is 0.0572. The third kappa shape index (κ3) is 17.8. The van der Waals surface area contributed by atoms with Crippen molar-refractivity contribution in [3.8, 4) is 0 Å².